The van der Waals surface area contributed by atoms with E-state index in [9.17, 15) is 9.59 Å². The van der Waals surface area contributed by atoms with Crippen molar-refractivity contribution in [2.75, 3.05) is 13.7 Å². The minimum absolute atomic E-state index is 0.0220. The summed E-state index contributed by atoms with van der Waals surface area (Å²) in [5.74, 6) is 0.568. The standard InChI is InChI=1S/C17H30N2O3/c1-22-16(20)10-15(12-6-3-2-4-7-12)19-17(21)14-9-5-8-13(14)11-18/h12-15H,2-11,18H2,1H3,(H,19,21)/t13-,14-,15?/m1/s1. The number of carbonyl (C=O) groups excluding carboxylic acids is 2. The van der Waals surface area contributed by atoms with E-state index < -0.39 is 0 Å². The number of esters is 1. The van der Waals surface area contributed by atoms with Crippen molar-refractivity contribution in [2.24, 2.45) is 23.5 Å². The summed E-state index contributed by atoms with van der Waals surface area (Å²) in [7, 11) is 1.41. The Labute approximate surface area is 133 Å². The number of hydrogen-bond donors (Lipinski definition) is 2. The highest BCUT2D eigenvalue weighted by Gasteiger charge is 2.35. The summed E-state index contributed by atoms with van der Waals surface area (Å²) < 4.78 is 4.81. The Kier molecular flexibility index (Phi) is 6.68. The zero-order chi connectivity index (χ0) is 15.9. The molecule has 0 aromatic carbocycles. The fourth-order valence-corrected chi connectivity index (χ4v) is 4.09. The summed E-state index contributed by atoms with van der Waals surface area (Å²) in [6.07, 6.45) is 9.13. The van der Waals surface area contributed by atoms with Gasteiger partial charge in [0.15, 0.2) is 0 Å². The van der Waals surface area contributed by atoms with Gasteiger partial charge in [0.1, 0.15) is 0 Å². The molecule has 1 unspecified atom stereocenters. The zero-order valence-corrected chi connectivity index (χ0v) is 13.7. The number of hydrogen-bond acceptors (Lipinski definition) is 4. The van der Waals surface area contributed by atoms with Crippen LogP contribution in [-0.4, -0.2) is 31.6 Å². The van der Waals surface area contributed by atoms with Crippen LogP contribution in [0.15, 0.2) is 0 Å². The first-order chi connectivity index (χ1) is 10.7. The maximum absolute atomic E-state index is 12.6. The second kappa shape index (κ2) is 8.51. The Morgan fingerprint density at radius 2 is 1.86 bits per heavy atom. The second-order valence-corrected chi connectivity index (χ2v) is 6.83. The van der Waals surface area contributed by atoms with E-state index in [4.69, 9.17) is 10.5 Å². The van der Waals surface area contributed by atoms with E-state index in [0.717, 1.165) is 32.1 Å². The number of ether oxygens (including phenoxy) is 1. The molecule has 2 fully saturated rings. The van der Waals surface area contributed by atoms with Gasteiger partial charge in [0.2, 0.25) is 5.91 Å². The highest BCUT2D eigenvalue weighted by Crippen LogP contribution is 2.32. The third-order valence-corrected chi connectivity index (χ3v) is 5.46. The second-order valence-electron chi connectivity index (χ2n) is 6.83. The lowest BCUT2D eigenvalue weighted by atomic mass is 9.82. The highest BCUT2D eigenvalue weighted by atomic mass is 16.5. The van der Waals surface area contributed by atoms with E-state index in [-0.39, 0.29) is 30.3 Å². The average molecular weight is 310 g/mol. The van der Waals surface area contributed by atoms with E-state index in [1.165, 1.54) is 26.4 Å². The van der Waals surface area contributed by atoms with Crippen molar-refractivity contribution < 1.29 is 14.3 Å². The predicted octanol–water partition coefficient (Wildman–Crippen LogP) is 1.99. The van der Waals surface area contributed by atoms with E-state index in [2.05, 4.69) is 5.32 Å². The molecule has 0 spiro atoms. The Hall–Kier alpha value is -1.10. The van der Waals surface area contributed by atoms with Crippen molar-refractivity contribution in [3.63, 3.8) is 0 Å². The molecule has 3 N–H and O–H groups in total. The molecular formula is C17H30N2O3. The van der Waals surface area contributed by atoms with Gasteiger partial charge in [0, 0.05) is 12.0 Å². The van der Waals surface area contributed by atoms with Crippen LogP contribution in [0.5, 0.6) is 0 Å². The highest BCUT2D eigenvalue weighted by molar-refractivity contribution is 5.80. The molecule has 2 aliphatic carbocycles. The van der Waals surface area contributed by atoms with Crippen LogP contribution >= 0.6 is 0 Å². The molecular weight excluding hydrogens is 280 g/mol. The molecule has 0 radical (unpaired) electrons. The molecule has 0 bridgehead atoms. The van der Waals surface area contributed by atoms with E-state index in [0.29, 0.717) is 18.4 Å². The van der Waals surface area contributed by atoms with E-state index in [1.807, 2.05) is 0 Å². The third-order valence-electron chi connectivity index (χ3n) is 5.46. The van der Waals surface area contributed by atoms with E-state index in [1.54, 1.807) is 0 Å². The Balaban J connectivity index is 1.98. The first kappa shape index (κ1) is 17.3. The molecule has 1 amide bonds. The van der Waals surface area contributed by atoms with Crippen molar-refractivity contribution in [1.82, 2.24) is 5.32 Å². The minimum atomic E-state index is -0.238. The Morgan fingerprint density at radius 1 is 1.14 bits per heavy atom. The van der Waals surface area contributed by atoms with Crippen LogP contribution in [0.4, 0.5) is 0 Å². The van der Waals surface area contributed by atoms with Crippen molar-refractivity contribution in [3.05, 3.63) is 0 Å². The van der Waals surface area contributed by atoms with Crippen molar-refractivity contribution in [2.45, 2.75) is 63.8 Å². The van der Waals surface area contributed by atoms with Gasteiger partial charge in [-0.05, 0) is 44.1 Å². The summed E-state index contributed by atoms with van der Waals surface area (Å²) in [6, 6.07) is -0.0840. The summed E-state index contributed by atoms with van der Waals surface area (Å²) in [4.78, 5) is 24.3. The van der Waals surface area contributed by atoms with Crippen LogP contribution in [0.2, 0.25) is 0 Å². The average Bonchev–Trinajstić information content (AvgIpc) is 3.03. The van der Waals surface area contributed by atoms with Gasteiger partial charge >= 0.3 is 5.97 Å². The number of methoxy groups -OCH3 is 1. The SMILES string of the molecule is COC(=O)CC(NC(=O)[C@@H]1CCC[C@@H]1CN)C1CCCCC1. The predicted molar refractivity (Wildman–Crippen MR) is 85.0 cm³/mol. The molecule has 0 aliphatic heterocycles. The molecule has 2 saturated carbocycles. The van der Waals surface area contributed by atoms with Crippen LogP contribution in [0.1, 0.15) is 57.8 Å². The Bertz CT molecular complexity index is 380. The van der Waals surface area contributed by atoms with Gasteiger partial charge in [0.05, 0.1) is 13.5 Å². The third kappa shape index (κ3) is 4.45. The lowest BCUT2D eigenvalue weighted by molar-refractivity contribution is -0.142. The van der Waals surface area contributed by atoms with Crippen LogP contribution in [0.25, 0.3) is 0 Å². The number of amides is 1. The molecule has 5 nitrogen and oxygen atoms in total. The van der Waals surface area contributed by atoms with Crippen LogP contribution < -0.4 is 11.1 Å². The maximum atomic E-state index is 12.6. The van der Waals surface area contributed by atoms with Gasteiger partial charge in [-0.1, -0.05) is 25.7 Å². The first-order valence-electron chi connectivity index (χ1n) is 8.73. The molecule has 0 aromatic rings. The summed E-state index contributed by atoms with van der Waals surface area (Å²) in [6.45, 7) is 0.573. The minimum Gasteiger partial charge on any atom is -0.469 e. The molecule has 126 valence electrons. The van der Waals surface area contributed by atoms with Crippen LogP contribution in [0, 0.1) is 17.8 Å². The van der Waals surface area contributed by atoms with Gasteiger partial charge in [0.25, 0.3) is 0 Å². The van der Waals surface area contributed by atoms with Crippen molar-refractivity contribution in [1.29, 1.82) is 0 Å². The van der Waals surface area contributed by atoms with Gasteiger partial charge in [-0.2, -0.15) is 0 Å². The molecule has 0 heterocycles. The fourth-order valence-electron chi connectivity index (χ4n) is 4.09. The van der Waals surface area contributed by atoms with Crippen LogP contribution in [-0.2, 0) is 14.3 Å². The summed E-state index contributed by atoms with van der Waals surface area (Å²) >= 11 is 0. The molecule has 3 atom stereocenters. The lowest BCUT2D eigenvalue weighted by Crippen LogP contribution is -2.46. The lowest BCUT2D eigenvalue weighted by Gasteiger charge is -2.31. The first-order valence-corrected chi connectivity index (χ1v) is 8.73. The van der Waals surface area contributed by atoms with Gasteiger partial charge in [-0.15, -0.1) is 0 Å². The number of rotatable bonds is 6. The fraction of sp³-hybridized carbons (Fsp3) is 0.882. The maximum Gasteiger partial charge on any atom is 0.307 e. The molecule has 2 aliphatic rings. The molecule has 5 heteroatoms. The largest absolute Gasteiger partial charge is 0.469 e. The number of nitrogens with one attached hydrogen (secondary N) is 1. The van der Waals surface area contributed by atoms with Crippen molar-refractivity contribution >= 4 is 11.9 Å². The quantitative estimate of drug-likeness (QED) is 0.735. The van der Waals surface area contributed by atoms with Gasteiger partial charge in [-0.25, -0.2) is 0 Å². The molecule has 22 heavy (non-hydrogen) atoms. The smallest absolute Gasteiger partial charge is 0.307 e. The van der Waals surface area contributed by atoms with Crippen molar-refractivity contribution in [3.8, 4) is 0 Å². The van der Waals surface area contributed by atoms with Gasteiger partial charge in [-0.3, -0.25) is 9.59 Å². The molecule has 0 saturated heterocycles. The monoisotopic (exact) mass is 310 g/mol. The van der Waals surface area contributed by atoms with Gasteiger partial charge < -0.3 is 15.8 Å². The number of carbonyl (C=O) groups is 2. The van der Waals surface area contributed by atoms with Crippen LogP contribution in [0.3, 0.4) is 0 Å². The Morgan fingerprint density at radius 3 is 2.50 bits per heavy atom. The topological polar surface area (TPSA) is 81.4 Å². The summed E-state index contributed by atoms with van der Waals surface area (Å²) in [5, 5.41) is 3.16. The summed E-state index contributed by atoms with van der Waals surface area (Å²) in [5.41, 5.74) is 5.78. The zero-order valence-electron chi connectivity index (χ0n) is 13.7. The number of nitrogens with two attached hydrogens (primary N) is 1. The molecule has 2 rings (SSSR count). The van der Waals surface area contributed by atoms with E-state index >= 15 is 0 Å². The molecule has 0 aromatic heterocycles. The normalized spacial score (nSPS) is 27.4.